The SMILES string of the molecule is CCCc1cn(C(C)C)c(=O)n1Cc1ccc(-c2cccnc2-c2nn[nH]n2)cc1. The number of benzene rings is 1. The van der Waals surface area contributed by atoms with E-state index in [0.29, 0.717) is 18.1 Å². The fourth-order valence-electron chi connectivity index (χ4n) is 3.59. The Balaban J connectivity index is 1.65. The fraction of sp³-hybridized carbons (Fsp3) is 0.318. The lowest BCUT2D eigenvalue weighted by Crippen LogP contribution is -2.26. The molecule has 3 aromatic heterocycles. The summed E-state index contributed by atoms with van der Waals surface area (Å²) in [5, 5.41) is 14.2. The molecule has 8 heteroatoms. The van der Waals surface area contributed by atoms with Gasteiger partial charge in [0.15, 0.2) is 0 Å². The zero-order valence-corrected chi connectivity index (χ0v) is 17.4. The van der Waals surface area contributed by atoms with E-state index >= 15 is 0 Å². The van der Waals surface area contributed by atoms with Gasteiger partial charge < -0.3 is 0 Å². The number of hydrogen-bond acceptors (Lipinski definition) is 5. The summed E-state index contributed by atoms with van der Waals surface area (Å²) in [4.78, 5) is 17.3. The van der Waals surface area contributed by atoms with Crippen molar-refractivity contribution in [3.63, 3.8) is 0 Å². The van der Waals surface area contributed by atoms with Crippen molar-refractivity contribution < 1.29 is 0 Å². The first-order valence-electron chi connectivity index (χ1n) is 10.2. The van der Waals surface area contributed by atoms with E-state index in [9.17, 15) is 4.79 Å². The van der Waals surface area contributed by atoms with Crippen LogP contribution in [-0.4, -0.2) is 34.7 Å². The molecule has 0 radical (unpaired) electrons. The van der Waals surface area contributed by atoms with Crippen molar-refractivity contribution in [3.05, 3.63) is 70.5 Å². The van der Waals surface area contributed by atoms with Crippen molar-refractivity contribution in [2.24, 2.45) is 0 Å². The minimum atomic E-state index is 0.0455. The van der Waals surface area contributed by atoms with Crippen molar-refractivity contribution in [1.29, 1.82) is 0 Å². The largest absolute Gasteiger partial charge is 0.328 e. The molecule has 1 aromatic carbocycles. The summed E-state index contributed by atoms with van der Waals surface area (Å²) in [5.74, 6) is 0.459. The van der Waals surface area contributed by atoms with Gasteiger partial charge in [0.25, 0.3) is 0 Å². The third kappa shape index (κ3) is 3.80. The van der Waals surface area contributed by atoms with Crippen LogP contribution in [0.5, 0.6) is 0 Å². The van der Waals surface area contributed by atoms with Crippen LogP contribution in [0.1, 0.15) is 44.5 Å². The number of aromatic amines is 1. The molecule has 0 saturated carbocycles. The zero-order chi connectivity index (χ0) is 21.1. The molecule has 0 fully saturated rings. The van der Waals surface area contributed by atoms with E-state index in [1.807, 2.05) is 53.4 Å². The van der Waals surface area contributed by atoms with Crippen LogP contribution >= 0.6 is 0 Å². The summed E-state index contributed by atoms with van der Waals surface area (Å²) >= 11 is 0. The second kappa shape index (κ2) is 8.44. The Labute approximate surface area is 174 Å². The zero-order valence-electron chi connectivity index (χ0n) is 17.4. The molecule has 0 aliphatic rings. The number of nitrogens with one attached hydrogen (secondary N) is 1. The van der Waals surface area contributed by atoms with Gasteiger partial charge in [-0.3, -0.25) is 14.1 Å². The molecule has 0 atom stereocenters. The maximum atomic E-state index is 12.9. The first kappa shape index (κ1) is 19.8. The first-order chi connectivity index (χ1) is 14.6. The normalized spacial score (nSPS) is 11.3. The predicted octanol–water partition coefficient (Wildman–Crippen LogP) is 3.47. The number of imidazole rings is 1. The van der Waals surface area contributed by atoms with Gasteiger partial charge in [-0.2, -0.15) is 5.21 Å². The van der Waals surface area contributed by atoms with Crippen LogP contribution in [0.3, 0.4) is 0 Å². The second-order valence-corrected chi connectivity index (χ2v) is 7.57. The van der Waals surface area contributed by atoms with E-state index < -0.39 is 0 Å². The summed E-state index contributed by atoms with van der Waals surface area (Å²) in [6.07, 6.45) is 5.60. The summed E-state index contributed by atoms with van der Waals surface area (Å²) in [6.45, 7) is 6.75. The second-order valence-electron chi connectivity index (χ2n) is 7.57. The number of hydrogen-bond donors (Lipinski definition) is 1. The Morgan fingerprint density at radius 3 is 2.60 bits per heavy atom. The molecule has 1 N–H and O–H groups in total. The Hall–Kier alpha value is -3.55. The highest BCUT2D eigenvalue weighted by atomic mass is 16.1. The van der Waals surface area contributed by atoms with Crippen LogP contribution in [0.4, 0.5) is 0 Å². The summed E-state index contributed by atoms with van der Waals surface area (Å²) < 4.78 is 3.69. The number of H-pyrrole nitrogens is 1. The van der Waals surface area contributed by atoms with E-state index in [4.69, 9.17) is 0 Å². The number of rotatable bonds is 7. The van der Waals surface area contributed by atoms with Gasteiger partial charge in [-0.05, 0) is 42.7 Å². The lowest BCUT2D eigenvalue weighted by molar-refractivity contribution is 0.560. The van der Waals surface area contributed by atoms with Gasteiger partial charge in [0, 0.05) is 29.7 Å². The molecule has 8 nitrogen and oxygen atoms in total. The van der Waals surface area contributed by atoms with E-state index in [1.54, 1.807) is 6.20 Å². The topological polar surface area (TPSA) is 94.3 Å². The third-order valence-corrected chi connectivity index (χ3v) is 5.12. The molecule has 0 aliphatic carbocycles. The number of aromatic nitrogens is 7. The molecule has 0 unspecified atom stereocenters. The quantitative estimate of drug-likeness (QED) is 0.510. The monoisotopic (exact) mass is 403 g/mol. The van der Waals surface area contributed by atoms with Gasteiger partial charge in [0.1, 0.15) is 5.69 Å². The number of aryl methyl sites for hydroxylation is 1. The Kier molecular flexibility index (Phi) is 5.56. The predicted molar refractivity (Wildman–Crippen MR) is 115 cm³/mol. The molecule has 154 valence electrons. The average Bonchev–Trinajstić information content (AvgIpc) is 3.39. The number of nitrogens with zero attached hydrogens (tertiary/aromatic N) is 6. The molecule has 4 rings (SSSR count). The lowest BCUT2D eigenvalue weighted by Gasteiger charge is -2.09. The molecule has 30 heavy (non-hydrogen) atoms. The molecular formula is C22H25N7O. The molecule has 0 spiro atoms. The molecule has 0 saturated heterocycles. The molecular weight excluding hydrogens is 378 g/mol. The van der Waals surface area contributed by atoms with Gasteiger partial charge in [0.05, 0.1) is 6.54 Å². The average molecular weight is 403 g/mol. The highest BCUT2D eigenvalue weighted by Crippen LogP contribution is 2.28. The minimum Gasteiger partial charge on any atom is -0.296 e. The van der Waals surface area contributed by atoms with E-state index in [0.717, 1.165) is 35.2 Å². The van der Waals surface area contributed by atoms with Gasteiger partial charge in [-0.15, -0.1) is 10.2 Å². The molecule has 0 aliphatic heterocycles. The summed E-state index contributed by atoms with van der Waals surface area (Å²) in [6, 6.07) is 12.2. The maximum Gasteiger partial charge on any atom is 0.328 e. The summed E-state index contributed by atoms with van der Waals surface area (Å²) in [7, 11) is 0. The van der Waals surface area contributed by atoms with Gasteiger partial charge in [-0.25, -0.2) is 4.79 Å². The Morgan fingerprint density at radius 2 is 1.93 bits per heavy atom. The van der Waals surface area contributed by atoms with Crippen LogP contribution in [0, 0.1) is 0 Å². The standard InChI is InChI=1S/C22H25N7O/c1-4-6-18-14-28(15(2)3)22(30)29(18)13-16-8-10-17(11-9-16)19-7-5-12-23-20(19)21-24-26-27-25-21/h5,7-12,14-15H,4,6,13H2,1-3H3,(H,24,25,26,27). The Bertz CT molecular complexity index is 1170. The van der Waals surface area contributed by atoms with Crippen LogP contribution in [0.15, 0.2) is 53.6 Å². The summed E-state index contributed by atoms with van der Waals surface area (Å²) in [5.41, 5.74) is 4.81. The minimum absolute atomic E-state index is 0.0455. The molecule has 4 aromatic rings. The highest BCUT2D eigenvalue weighted by molar-refractivity contribution is 5.77. The van der Waals surface area contributed by atoms with E-state index in [-0.39, 0.29) is 11.7 Å². The van der Waals surface area contributed by atoms with Crippen molar-refractivity contribution in [2.75, 3.05) is 0 Å². The maximum absolute atomic E-state index is 12.9. The Morgan fingerprint density at radius 1 is 1.13 bits per heavy atom. The van der Waals surface area contributed by atoms with Gasteiger partial charge >= 0.3 is 5.69 Å². The van der Waals surface area contributed by atoms with E-state index in [2.05, 4.69) is 44.7 Å². The van der Waals surface area contributed by atoms with Crippen molar-refractivity contribution in [2.45, 2.75) is 46.2 Å². The van der Waals surface area contributed by atoms with Gasteiger partial charge in [0.2, 0.25) is 5.82 Å². The van der Waals surface area contributed by atoms with Crippen molar-refractivity contribution >= 4 is 0 Å². The first-order valence-corrected chi connectivity index (χ1v) is 10.2. The highest BCUT2D eigenvalue weighted by Gasteiger charge is 2.15. The van der Waals surface area contributed by atoms with Crippen LogP contribution in [-0.2, 0) is 13.0 Å². The molecule has 0 amide bonds. The van der Waals surface area contributed by atoms with Crippen LogP contribution in [0.25, 0.3) is 22.6 Å². The number of pyridine rings is 1. The lowest BCUT2D eigenvalue weighted by atomic mass is 10.0. The number of tetrazole rings is 1. The van der Waals surface area contributed by atoms with Crippen molar-refractivity contribution in [1.82, 2.24) is 34.7 Å². The van der Waals surface area contributed by atoms with Crippen molar-refractivity contribution in [3.8, 4) is 22.6 Å². The third-order valence-electron chi connectivity index (χ3n) is 5.12. The van der Waals surface area contributed by atoms with Crippen LogP contribution in [0.2, 0.25) is 0 Å². The van der Waals surface area contributed by atoms with Gasteiger partial charge in [-0.1, -0.05) is 43.7 Å². The molecule has 3 heterocycles. The van der Waals surface area contributed by atoms with E-state index in [1.165, 1.54) is 0 Å². The molecule has 0 bridgehead atoms. The fourth-order valence-corrected chi connectivity index (χ4v) is 3.59. The smallest absolute Gasteiger partial charge is 0.296 e. The van der Waals surface area contributed by atoms with Crippen LogP contribution < -0.4 is 5.69 Å².